The number of hydrogen-bond acceptors (Lipinski definition) is 5. The highest BCUT2D eigenvalue weighted by Crippen LogP contribution is 2.29. The van der Waals surface area contributed by atoms with Crippen LogP contribution >= 0.6 is 0 Å². The van der Waals surface area contributed by atoms with E-state index in [1.54, 1.807) is 13.0 Å². The molecule has 0 aliphatic carbocycles. The molecule has 0 fully saturated rings. The lowest BCUT2D eigenvalue weighted by Crippen LogP contribution is -2.12. The van der Waals surface area contributed by atoms with E-state index in [1.165, 1.54) is 0 Å². The van der Waals surface area contributed by atoms with Crippen molar-refractivity contribution in [3.63, 3.8) is 0 Å². The molecule has 0 heterocycles. The van der Waals surface area contributed by atoms with Gasteiger partial charge in [0, 0.05) is 5.69 Å². The molecule has 1 amide bonds. The summed E-state index contributed by atoms with van der Waals surface area (Å²) in [6.07, 6.45) is 2.59. The number of hydrogen-bond donors (Lipinski definition) is 2. The van der Waals surface area contributed by atoms with Crippen LogP contribution in [0, 0.1) is 13.8 Å². The molecule has 0 aromatic heterocycles. The molecule has 0 spiro atoms. The molecule has 130 valence electrons. The molecule has 1 aromatic carbocycles. The average Bonchev–Trinajstić information content (AvgIpc) is 2.48. The summed E-state index contributed by atoms with van der Waals surface area (Å²) in [5, 5.41) is 0. The summed E-state index contributed by atoms with van der Waals surface area (Å²) in [5.41, 5.74) is 13.5. The Morgan fingerprint density at radius 2 is 1.87 bits per heavy atom. The molecule has 23 heavy (non-hydrogen) atoms. The second kappa shape index (κ2) is 9.32. The van der Waals surface area contributed by atoms with Gasteiger partial charge in [-0.25, -0.2) is 0 Å². The fraction of sp³-hybridized carbons (Fsp3) is 0.438. The lowest BCUT2D eigenvalue weighted by atomic mass is 9.99. The Labute approximate surface area is 138 Å². The summed E-state index contributed by atoms with van der Waals surface area (Å²) < 4.78 is 29.0. The Bertz CT molecular complexity index is 667. The van der Waals surface area contributed by atoms with Crippen molar-refractivity contribution in [2.24, 2.45) is 5.73 Å². The summed E-state index contributed by atoms with van der Waals surface area (Å²) in [6.45, 7) is 10.6. The quantitative estimate of drug-likeness (QED) is 0.467. The number of benzene rings is 1. The van der Waals surface area contributed by atoms with Crippen molar-refractivity contribution in [1.82, 2.24) is 0 Å². The van der Waals surface area contributed by atoms with Gasteiger partial charge in [0.05, 0.1) is 11.5 Å². The van der Waals surface area contributed by atoms with Gasteiger partial charge in [-0.2, -0.15) is 8.42 Å². The lowest BCUT2D eigenvalue weighted by molar-refractivity contribution is -0.113. The maximum Gasteiger partial charge on any atom is 0.297 e. The zero-order chi connectivity index (χ0) is 18.2. The standard InChI is InChI=1S/C13H21NO3S.C3H5NO/c1-5-7-11-10(4)13(14)9(3)8-12(11)18(15,16)17-6-2;1-2-3(4)5/h8H,5-7,14H2,1-4H3;2H,1H2,(H2,4,5). The van der Waals surface area contributed by atoms with Crippen LogP contribution in [0.3, 0.4) is 0 Å². The van der Waals surface area contributed by atoms with Gasteiger partial charge in [-0.1, -0.05) is 19.9 Å². The first kappa shape index (κ1) is 21.1. The van der Waals surface area contributed by atoms with Crippen molar-refractivity contribution in [2.45, 2.75) is 45.4 Å². The van der Waals surface area contributed by atoms with Crippen LogP contribution in [0.25, 0.3) is 0 Å². The highest BCUT2D eigenvalue weighted by Gasteiger charge is 2.22. The monoisotopic (exact) mass is 342 g/mol. The predicted octanol–water partition coefficient (Wildman–Crippen LogP) is 2.22. The van der Waals surface area contributed by atoms with E-state index >= 15 is 0 Å². The van der Waals surface area contributed by atoms with Gasteiger partial charge in [0.2, 0.25) is 5.91 Å². The molecule has 0 bridgehead atoms. The molecule has 0 aliphatic heterocycles. The van der Waals surface area contributed by atoms with E-state index in [9.17, 15) is 13.2 Å². The van der Waals surface area contributed by atoms with E-state index in [4.69, 9.17) is 9.92 Å². The minimum absolute atomic E-state index is 0.135. The van der Waals surface area contributed by atoms with E-state index in [-0.39, 0.29) is 11.5 Å². The molecule has 6 nitrogen and oxygen atoms in total. The van der Waals surface area contributed by atoms with Gasteiger partial charge >= 0.3 is 0 Å². The maximum atomic E-state index is 12.1. The van der Waals surface area contributed by atoms with Gasteiger partial charge in [-0.3, -0.25) is 8.98 Å². The second-order valence-corrected chi connectivity index (χ2v) is 6.51. The Balaban J connectivity index is 0.000000841. The number of anilines is 1. The summed E-state index contributed by atoms with van der Waals surface area (Å²) in [6, 6.07) is 1.61. The number of rotatable bonds is 6. The fourth-order valence-electron chi connectivity index (χ4n) is 2.01. The van der Waals surface area contributed by atoms with Gasteiger partial charge in [-0.15, -0.1) is 0 Å². The maximum absolute atomic E-state index is 12.1. The van der Waals surface area contributed by atoms with Gasteiger partial charge in [0.25, 0.3) is 10.1 Å². The third-order valence-electron chi connectivity index (χ3n) is 3.17. The first-order valence-electron chi connectivity index (χ1n) is 7.32. The van der Waals surface area contributed by atoms with Gasteiger partial charge in [0.1, 0.15) is 0 Å². The highest BCUT2D eigenvalue weighted by atomic mass is 32.2. The van der Waals surface area contributed by atoms with Gasteiger partial charge < -0.3 is 11.5 Å². The SMILES string of the molecule is C=CC(N)=O.CCCc1c(S(=O)(=O)OCC)cc(C)c(N)c1C. The van der Waals surface area contributed by atoms with Crippen LogP contribution in [0.4, 0.5) is 5.69 Å². The summed E-state index contributed by atoms with van der Waals surface area (Å²) in [4.78, 5) is 9.73. The first-order valence-corrected chi connectivity index (χ1v) is 8.72. The van der Waals surface area contributed by atoms with Crippen LogP contribution in [0.2, 0.25) is 0 Å². The van der Waals surface area contributed by atoms with E-state index in [1.807, 2.05) is 20.8 Å². The molecule has 0 saturated heterocycles. The summed E-state index contributed by atoms with van der Waals surface area (Å²) in [5.74, 6) is -0.481. The van der Waals surface area contributed by atoms with Gasteiger partial charge in [-0.05, 0) is 56.0 Å². The van der Waals surface area contributed by atoms with E-state index in [0.717, 1.165) is 29.2 Å². The average molecular weight is 342 g/mol. The minimum atomic E-state index is -3.68. The predicted molar refractivity (Wildman–Crippen MR) is 92.5 cm³/mol. The number of nitrogens with two attached hydrogens (primary N) is 2. The molecular formula is C16H26N2O4S. The minimum Gasteiger partial charge on any atom is -0.398 e. The molecule has 0 radical (unpaired) electrons. The van der Waals surface area contributed by atoms with Crippen LogP contribution < -0.4 is 11.5 Å². The van der Waals surface area contributed by atoms with E-state index in [0.29, 0.717) is 12.1 Å². The molecule has 0 aliphatic rings. The zero-order valence-electron chi connectivity index (χ0n) is 14.2. The number of amides is 1. The van der Waals surface area contributed by atoms with Crippen molar-refractivity contribution in [3.8, 4) is 0 Å². The van der Waals surface area contributed by atoms with Crippen LogP contribution in [0.1, 0.15) is 37.0 Å². The Morgan fingerprint density at radius 3 is 2.26 bits per heavy atom. The van der Waals surface area contributed by atoms with Crippen molar-refractivity contribution in [1.29, 1.82) is 0 Å². The normalized spacial score (nSPS) is 10.6. The number of nitrogen functional groups attached to an aromatic ring is 1. The molecule has 7 heteroatoms. The first-order chi connectivity index (χ1) is 10.6. The van der Waals surface area contributed by atoms with Crippen molar-refractivity contribution in [3.05, 3.63) is 35.4 Å². The fourth-order valence-corrected chi connectivity index (χ4v) is 3.32. The van der Waals surface area contributed by atoms with E-state index in [2.05, 4.69) is 12.3 Å². The molecule has 0 saturated carbocycles. The largest absolute Gasteiger partial charge is 0.398 e. The molecular weight excluding hydrogens is 316 g/mol. The third kappa shape index (κ3) is 6.03. The Hall–Kier alpha value is -1.86. The number of primary amides is 1. The molecule has 1 aromatic rings. The van der Waals surface area contributed by atoms with Crippen molar-refractivity contribution in [2.75, 3.05) is 12.3 Å². The third-order valence-corrected chi connectivity index (χ3v) is 4.62. The summed E-state index contributed by atoms with van der Waals surface area (Å²) in [7, 11) is -3.68. The van der Waals surface area contributed by atoms with Crippen LogP contribution in [-0.2, 0) is 25.5 Å². The van der Waals surface area contributed by atoms with E-state index < -0.39 is 16.0 Å². The highest BCUT2D eigenvalue weighted by molar-refractivity contribution is 7.86. The number of carbonyl (C=O) groups is 1. The molecule has 1 rings (SSSR count). The summed E-state index contributed by atoms with van der Waals surface area (Å²) >= 11 is 0. The second-order valence-electron chi connectivity index (χ2n) is 4.93. The van der Waals surface area contributed by atoms with Crippen LogP contribution in [-0.4, -0.2) is 20.9 Å². The number of carbonyl (C=O) groups excluding carboxylic acids is 1. The van der Waals surface area contributed by atoms with Crippen LogP contribution in [0.15, 0.2) is 23.6 Å². The number of aryl methyl sites for hydroxylation is 1. The molecule has 0 unspecified atom stereocenters. The molecule has 0 atom stereocenters. The van der Waals surface area contributed by atoms with Gasteiger partial charge in [0.15, 0.2) is 0 Å². The Morgan fingerprint density at radius 1 is 1.35 bits per heavy atom. The van der Waals surface area contributed by atoms with Crippen LogP contribution in [0.5, 0.6) is 0 Å². The lowest BCUT2D eigenvalue weighted by Gasteiger charge is -2.16. The molecule has 4 N–H and O–H groups in total. The Kier molecular flexibility index (Phi) is 8.56. The zero-order valence-corrected chi connectivity index (χ0v) is 15.0. The van der Waals surface area contributed by atoms with Crippen molar-refractivity contribution < 1.29 is 17.4 Å². The smallest absolute Gasteiger partial charge is 0.297 e. The van der Waals surface area contributed by atoms with Crippen molar-refractivity contribution >= 4 is 21.7 Å². The topological polar surface area (TPSA) is 112 Å².